The third kappa shape index (κ3) is 2.72. The van der Waals surface area contributed by atoms with Crippen molar-refractivity contribution in [1.82, 2.24) is 5.32 Å². The van der Waals surface area contributed by atoms with E-state index in [1.54, 1.807) is 0 Å². The lowest BCUT2D eigenvalue weighted by molar-refractivity contribution is -0.140. The maximum absolute atomic E-state index is 11.1. The van der Waals surface area contributed by atoms with Crippen LogP contribution in [0.5, 0.6) is 0 Å². The second-order valence-corrected chi connectivity index (χ2v) is 3.22. The number of hydrogen-bond acceptors (Lipinski definition) is 3. The summed E-state index contributed by atoms with van der Waals surface area (Å²) in [5, 5.41) is 19.2. The molecule has 1 amide bonds. The van der Waals surface area contributed by atoms with Crippen molar-refractivity contribution < 1.29 is 24.6 Å². The van der Waals surface area contributed by atoms with Gasteiger partial charge >= 0.3 is 11.9 Å². The van der Waals surface area contributed by atoms with Gasteiger partial charge in [-0.1, -0.05) is 0 Å². The number of carbonyl (C=O) groups is 3. The van der Waals surface area contributed by atoms with Crippen LogP contribution in [0.2, 0.25) is 0 Å². The summed E-state index contributed by atoms with van der Waals surface area (Å²) in [7, 11) is 0. The highest BCUT2D eigenvalue weighted by atomic mass is 16.4. The standard InChI is InChI=1S/C8H11NO5/c10-6(11)1-2-9-7(12)4-3-5(4)8(13)14/h4-5H,1-3H2,(H,9,12)(H,10,11)(H,13,14). The summed E-state index contributed by atoms with van der Waals surface area (Å²) in [6.45, 7) is 0.0526. The Kier molecular flexibility index (Phi) is 3.06. The van der Waals surface area contributed by atoms with Crippen molar-refractivity contribution in [2.24, 2.45) is 11.8 Å². The highest BCUT2D eigenvalue weighted by Crippen LogP contribution is 2.38. The van der Waals surface area contributed by atoms with Gasteiger partial charge in [0, 0.05) is 6.54 Å². The fraction of sp³-hybridized carbons (Fsp3) is 0.625. The van der Waals surface area contributed by atoms with Crippen LogP contribution in [0.3, 0.4) is 0 Å². The number of amides is 1. The van der Waals surface area contributed by atoms with Crippen molar-refractivity contribution in [3.63, 3.8) is 0 Å². The molecule has 1 rings (SSSR count). The first-order chi connectivity index (χ1) is 6.52. The molecule has 14 heavy (non-hydrogen) atoms. The molecule has 0 aliphatic heterocycles. The predicted octanol–water partition coefficient (Wildman–Crippen LogP) is -0.702. The molecule has 2 unspecified atom stereocenters. The third-order valence-corrected chi connectivity index (χ3v) is 2.08. The lowest BCUT2D eigenvalue weighted by atomic mass is 10.3. The molecule has 0 aromatic heterocycles. The number of carboxylic acid groups (broad SMARTS) is 2. The Morgan fingerprint density at radius 3 is 2.29 bits per heavy atom. The highest BCUT2D eigenvalue weighted by molar-refractivity contribution is 5.89. The summed E-state index contributed by atoms with van der Waals surface area (Å²) in [5.41, 5.74) is 0. The van der Waals surface area contributed by atoms with Gasteiger partial charge in [-0.05, 0) is 6.42 Å². The summed E-state index contributed by atoms with van der Waals surface area (Å²) in [4.78, 5) is 31.6. The maximum atomic E-state index is 11.1. The van der Waals surface area contributed by atoms with E-state index >= 15 is 0 Å². The van der Waals surface area contributed by atoms with Gasteiger partial charge < -0.3 is 15.5 Å². The molecule has 6 nitrogen and oxygen atoms in total. The van der Waals surface area contributed by atoms with Gasteiger partial charge in [0.15, 0.2) is 0 Å². The van der Waals surface area contributed by atoms with Crippen LogP contribution in [-0.2, 0) is 14.4 Å². The number of nitrogens with one attached hydrogen (secondary N) is 1. The van der Waals surface area contributed by atoms with Gasteiger partial charge in [-0.2, -0.15) is 0 Å². The number of aliphatic carboxylic acids is 2. The topological polar surface area (TPSA) is 104 Å². The van der Waals surface area contributed by atoms with Crippen LogP contribution in [0.4, 0.5) is 0 Å². The zero-order valence-electron chi connectivity index (χ0n) is 7.40. The van der Waals surface area contributed by atoms with E-state index in [9.17, 15) is 14.4 Å². The van der Waals surface area contributed by atoms with E-state index in [1.165, 1.54) is 0 Å². The number of rotatable bonds is 5. The SMILES string of the molecule is O=C(O)CCNC(=O)C1CC1C(=O)O. The quantitative estimate of drug-likeness (QED) is 0.545. The Bertz CT molecular complexity index is 275. The average Bonchev–Trinajstić information content (AvgIpc) is 2.81. The van der Waals surface area contributed by atoms with Crippen LogP contribution in [0.25, 0.3) is 0 Å². The molecule has 0 heterocycles. The molecule has 1 fully saturated rings. The van der Waals surface area contributed by atoms with Crippen molar-refractivity contribution in [3.05, 3.63) is 0 Å². The maximum Gasteiger partial charge on any atom is 0.307 e. The third-order valence-electron chi connectivity index (χ3n) is 2.08. The average molecular weight is 201 g/mol. The molecule has 0 aromatic carbocycles. The molecule has 6 heteroatoms. The Morgan fingerprint density at radius 1 is 1.21 bits per heavy atom. The minimum Gasteiger partial charge on any atom is -0.481 e. The lowest BCUT2D eigenvalue weighted by Gasteiger charge is -2.00. The normalized spacial score (nSPS) is 24.0. The molecule has 0 saturated heterocycles. The van der Waals surface area contributed by atoms with Crippen LogP contribution < -0.4 is 5.32 Å². The summed E-state index contributed by atoms with van der Waals surface area (Å²) in [6.07, 6.45) is 0.213. The lowest BCUT2D eigenvalue weighted by Crippen LogP contribution is -2.28. The van der Waals surface area contributed by atoms with Crippen molar-refractivity contribution in [3.8, 4) is 0 Å². The largest absolute Gasteiger partial charge is 0.481 e. The Morgan fingerprint density at radius 2 is 1.86 bits per heavy atom. The van der Waals surface area contributed by atoms with Gasteiger partial charge in [-0.25, -0.2) is 0 Å². The molecular formula is C8H11NO5. The first-order valence-corrected chi connectivity index (χ1v) is 4.24. The monoisotopic (exact) mass is 201 g/mol. The van der Waals surface area contributed by atoms with Crippen LogP contribution >= 0.6 is 0 Å². The van der Waals surface area contributed by atoms with E-state index in [-0.39, 0.29) is 18.9 Å². The molecule has 1 aliphatic rings. The molecule has 0 radical (unpaired) electrons. The van der Waals surface area contributed by atoms with Gasteiger partial charge in [-0.3, -0.25) is 14.4 Å². The van der Waals surface area contributed by atoms with E-state index in [0.29, 0.717) is 6.42 Å². The van der Waals surface area contributed by atoms with Crippen molar-refractivity contribution in [2.45, 2.75) is 12.8 Å². The second-order valence-electron chi connectivity index (χ2n) is 3.22. The minimum atomic E-state index is -0.990. The molecule has 3 N–H and O–H groups in total. The van der Waals surface area contributed by atoms with Gasteiger partial charge in [0.1, 0.15) is 0 Å². The van der Waals surface area contributed by atoms with Crippen molar-refractivity contribution in [1.29, 1.82) is 0 Å². The summed E-state index contributed by atoms with van der Waals surface area (Å²) >= 11 is 0. The number of carboxylic acids is 2. The summed E-state index contributed by atoms with van der Waals surface area (Å²) in [5.74, 6) is -3.38. The molecule has 0 bridgehead atoms. The Hall–Kier alpha value is -1.59. The van der Waals surface area contributed by atoms with Crippen LogP contribution in [0.15, 0.2) is 0 Å². The smallest absolute Gasteiger partial charge is 0.307 e. The van der Waals surface area contributed by atoms with E-state index in [1.807, 2.05) is 0 Å². The Balaban J connectivity index is 2.18. The van der Waals surface area contributed by atoms with Gasteiger partial charge in [0.2, 0.25) is 5.91 Å². The fourth-order valence-electron chi connectivity index (χ4n) is 1.18. The van der Waals surface area contributed by atoms with E-state index in [2.05, 4.69) is 5.32 Å². The van der Waals surface area contributed by atoms with Crippen LogP contribution in [-0.4, -0.2) is 34.6 Å². The van der Waals surface area contributed by atoms with Gasteiger partial charge in [0.05, 0.1) is 18.3 Å². The Labute approximate surface area is 79.9 Å². The van der Waals surface area contributed by atoms with Crippen molar-refractivity contribution in [2.75, 3.05) is 6.54 Å². The molecule has 1 aliphatic carbocycles. The number of carbonyl (C=O) groups excluding carboxylic acids is 1. The number of hydrogen-bond donors (Lipinski definition) is 3. The molecule has 78 valence electrons. The summed E-state index contributed by atoms with van der Waals surface area (Å²) < 4.78 is 0. The van der Waals surface area contributed by atoms with Gasteiger partial charge in [-0.15, -0.1) is 0 Å². The molecule has 0 spiro atoms. The fourth-order valence-corrected chi connectivity index (χ4v) is 1.18. The summed E-state index contributed by atoms with van der Waals surface area (Å²) in [6, 6.07) is 0. The first kappa shape index (κ1) is 10.5. The minimum absolute atomic E-state index is 0.0526. The van der Waals surface area contributed by atoms with E-state index in [0.717, 1.165) is 0 Å². The van der Waals surface area contributed by atoms with Crippen LogP contribution in [0, 0.1) is 11.8 Å². The van der Waals surface area contributed by atoms with Gasteiger partial charge in [0.25, 0.3) is 0 Å². The van der Waals surface area contributed by atoms with Crippen molar-refractivity contribution >= 4 is 17.8 Å². The second kappa shape index (κ2) is 4.08. The molecule has 1 saturated carbocycles. The first-order valence-electron chi connectivity index (χ1n) is 4.24. The zero-order valence-corrected chi connectivity index (χ0v) is 7.40. The zero-order chi connectivity index (χ0) is 10.7. The van der Waals surface area contributed by atoms with E-state index in [4.69, 9.17) is 10.2 Å². The molecule has 2 atom stereocenters. The van der Waals surface area contributed by atoms with Crippen LogP contribution in [0.1, 0.15) is 12.8 Å². The molecular weight excluding hydrogens is 190 g/mol. The highest BCUT2D eigenvalue weighted by Gasteiger charge is 2.48. The van der Waals surface area contributed by atoms with E-state index < -0.39 is 23.8 Å². The molecule has 0 aromatic rings. The predicted molar refractivity (Wildman–Crippen MR) is 44.5 cm³/mol.